The third-order valence-corrected chi connectivity index (χ3v) is 4.81. The van der Waals surface area contributed by atoms with Crippen molar-refractivity contribution < 1.29 is 9.53 Å². The first kappa shape index (κ1) is 19.5. The first-order valence-corrected chi connectivity index (χ1v) is 9.75. The van der Waals surface area contributed by atoms with Crippen molar-refractivity contribution in [2.45, 2.75) is 65.1 Å². The van der Waals surface area contributed by atoms with Crippen LogP contribution in [-0.4, -0.2) is 45.7 Å². The van der Waals surface area contributed by atoms with Crippen LogP contribution in [0.2, 0.25) is 0 Å². The van der Waals surface area contributed by atoms with Crippen molar-refractivity contribution in [2.24, 2.45) is 0 Å². The average molecular weight is 370 g/mol. The van der Waals surface area contributed by atoms with Gasteiger partial charge < -0.3 is 10.1 Å². The van der Waals surface area contributed by atoms with E-state index in [1.165, 1.54) is 6.42 Å². The number of ether oxygens (including phenoxy) is 1. The summed E-state index contributed by atoms with van der Waals surface area (Å²) in [5.41, 5.74) is 1.52. The van der Waals surface area contributed by atoms with Crippen molar-refractivity contribution in [1.82, 2.24) is 20.2 Å². The Bertz CT molecular complexity index is 800. The molecule has 146 valence electrons. The number of nitrogens with zero attached hydrogens (tertiary/aromatic N) is 3. The molecular formula is C21H30N4O2. The molecule has 2 aromatic rings. The second kappa shape index (κ2) is 8.21. The van der Waals surface area contributed by atoms with Crippen molar-refractivity contribution >= 4 is 17.0 Å². The smallest absolute Gasteiger partial charge is 0.407 e. The number of aromatic nitrogens is 2. The molecule has 1 N–H and O–H groups in total. The van der Waals surface area contributed by atoms with Crippen molar-refractivity contribution in [3.05, 3.63) is 35.8 Å². The number of carbonyl (C=O) groups excluding carboxylic acids is 1. The van der Waals surface area contributed by atoms with Crippen LogP contribution in [0.15, 0.2) is 24.3 Å². The van der Waals surface area contributed by atoms with Crippen LogP contribution in [0.1, 0.15) is 51.6 Å². The highest BCUT2D eigenvalue weighted by Crippen LogP contribution is 2.20. The molecule has 1 fully saturated rings. The van der Waals surface area contributed by atoms with Crippen LogP contribution < -0.4 is 5.32 Å². The third-order valence-electron chi connectivity index (χ3n) is 4.81. The van der Waals surface area contributed by atoms with Gasteiger partial charge in [0.25, 0.3) is 0 Å². The van der Waals surface area contributed by atoms with Crippen LogP contribution in [0.4, 0.5) is 4.79 Å². The average Bonchev–Trinajstić information content (AvgIpc) is 2.59. The number of amides is 1. The van der Waals surface area contributed by atoms with E-state index in [2.05, 4.69) is 16.3 Å². The summed E-state index contributed by atoms with van der Waals surface area (Å²) in [6.07, 6.45) is 3.04. The van der Waals surface area contributed by atoms with Crippen molar-refractivity contribution in [2.75, 3.05) is 13.1 Å². The van der Waals surface area contributed by atoms with Gasteiger partial charge in [-0.05, 0) is 53.1 Å². The van der Waals surface area contributed by atoms with Gasteiger partial charge in [-0.25, -0.2) is 14.8 Å². The van der Waals surface area contributed by atoms with Gasteiger partial charge >= 0.3 is 6.09 Å². The zero-order chi connectivity index (χ0) is 19.4. The molecule has 1 aliphatic rings. The Labute approximate surface area is 161 Å². The Morgan fingerprint density at radius 2 is 2.04 bits per heavy atom. The number of carbonyl (C=O) groups is 1. The molecule has 1 unspecified atom stereocenters. The lowest BCUT2D eigenvalue weighted by atomic mass is 10.0. The second-order valence-electron chi connectivity index (χ2n) is 8.25. The first-order valence-electron chi connectivity index (χ1n) is 9.75. The molecule has 0 saturated carbocycles. The summed E-state index contributed by atoms with van der Waals surface area (Å²) in [4.78, 5) is 23.8. The molecule has 2 heterocycles. The molecule has 27 heavy (non-hydrogen) atoms. The molecule has 0 radical (unpaired) electrons. The number of nitrogens with one attached hydrogen (secondary N) is 1. The Hall–Kier alpha value is -2.21. The quantitative estimate of drug-likeness (QED) is 0.886. The van der Waals surface area contributed by atoms with Crippen LogP contribution in [0, 0.1) is 6.92 Å². The minimum atomic E-state index is -0.479. The fraction of sp³-hybridized carbons (Fsp3) is 0.571. The molecular weight excluding hydrogens is 340 g/mol. The lowest BCUT2D eigenvalue weighted by molar-refractivity contribution is 0.0491. The molecule has 6 heteroatoms. The van der Waals surface area contributed by atoms with Crippen LogP contribution >= 0.6 is 0 Å². The van der Waals surface area contributed by atoms with Crippen LogP contribution in [-0.2, 0) is 11.3 Å². The van der Waals surface area contributed by atoms with E-state index >= 15 is 0 Å². The number of fused-ring (bicyclic) bond motifs is 1. The van der Waals surface area contributed by atoms with Crippen molar-refractivity contribution in [3.8, 4) is 0 Å². The summed E-state index contributed by atoms with van der Waals surface area (Å²) in [7, 11) is 0. The number of rotatable bonds is 4. The van der Waals surface area contributed by atoms with Crippen LogP contribution in [0.25, 0.3) is 10.9 Å². The number of piperidine rings is 1. The van der Waals surface area contributed by atoms with Crippen molar-refractivity contribution in [3.63, 3.8) is 0 Å². The van der Waals surface area contributed by atoms with E-state index in [1.54, 1.807) is 0 Å². The zero-order valence-electron chi connectivity index (χ0n) is 16.8. The monoisotopic (exact) mass is 370 g/mol. The number of hydrogen-bond acceptors (Lipinski definition) is 5. The van der Waals surface area contributed by atoms with Crippen LogP contribution in [0.5, 0.6) is 0 Å². The molecule has 0 aliphatic carbocycles. The molecule has 1 aromatic heterocycles. The molecule has 6 nitrogen and oxygen atoms in total. The lowest BCUT2D eigenvalue weighted by Gasteiger charge is -2.35. The predicted octanol–water partition coefficient (Wildman–Crippen LogP) is 3.82. The van der Waals surface area contributed by atoms with E-state index in [1.807, 2.05) is 45.9 Å². The van der Waals surface area contributed by atoms with Gasteiger partial charge in [0.2, 0.25) is 0 Å². The third kappa shape index (κ3) is 5.39. The van der Waals surface area contributed by atoms with Gasteiger partial charge in [0.05, 0.1) is 12.1 Å². The van der Waals surface area contributed by atoms with E-state index in [-0.39, 0.29) is 12.1 Å². The van der Waals surface area contributed by atoms with Crippen LogP contribution in [0.3, 0.4) is 0 Å². The van der Waals surface area contributed by atoms with Gasteiger partial charge in [-0.1, -0.05) is 24.6 Å². The maximum absolute atomic E-state index is 12.0. The van der Waals surface area contributed by atoms with E-state index < -0.39 is 5.60 Å². The Kier molecular flexibility index (Phi) is 5.95. The van der Waals surface area contributed by atoms with E-state index in [4.69, 9.17) is 14.7 Å². The molecule has 1 aliphatic heterocycles. The number of likely N-dealkylation sites (tertiary alicyclic amines) is 1. The summed E-state index contributed by atoms with van der Waals surface area (Å²) in [5, 5.41) is 4.02. The Balaban J connectivity index is 1.66. The van der Waals surface area contributed by atoms with E-state index in [0.29, 0.717) is 13.1 Å². The maximum Gasteiger partial charge on any atom is 0.407 e. The highest BCUT2D eigenvalue weighted by molar-refractivity contribution is 5.80. The minimum absolute atomic E-state index is 0.279. The SMILES string of the molecule is Cc1nc(CN2CCCCC2CNC(=O)OC(C)(C)C)nc2ccccc12. The molecule has 1 atom stereocenters. The number of para-hydroxylation sites is 1. The number of hydrogen-bond donors (Lipinski definition) is 1. The Morgan fingerprint density at radius 1 is 1.26 bits per heavy atom. The molecule has 3 rings (SSSR count). The highest BCUT2D eigenvalue weighted by atomic mass is 16.6. The zero-order valence-corrected chi connectivity index (χ0v) is 16.8. The van der Waals surface area contributed by atoms with E-state index in [0.717, 1.165) is 41.8 Å². The number of aryl methyl sites for hydroxylation is 1. The van der Waals surface area contributed by atoms with Gasteiger partial charge in [-0.3, -0.25) is 4.90 Å². The molecule has 1 amide bonds. The standard InChI is InChI=1S/C21H30N4O2/c1-15-17-10-5-6-11-18(17)24-19(23-15)14-25-12-8-7-9-16(25)13-22-20(26)27-21(2,3)4/h5-6,10-11,16H,7-9,12-14H2,1-4H3,(H,22,26). The Morgan fingerprint density at radius 3 is 2.81 bits per heavy atom. The maximum atomic E-state index is 12.0. The molecule has 1 aromatic carbocycles. The summed E-state index contributed by atoms with van der Waals surface area (Å²) < 4.78 is 5.35. The summed E-state index contributed by atoms with van der Waals surface area (Å²) in [6.45, 7) is 9.94. The summed E-state index contributed by atoms with van der Waals surface area (Å²) in [5.74, 6) is 0.843. The molecule has 0 spiro atoms. The predicted molar refractivity (Wildman–Crippen MR) is 107 cm³/mol. The van der Waals surface area contributed by atoms with Gasteiger partial charge in [0, 0.05) is 23.7 Å². The fourth-order valence-corrected chi connectivity index (χ4v) is 3.56. The van der Waals surface area contributed by atoms with Crippen molar-refractivity contribution in [1.29, 1.82) is 0 Å². The lowest BCUT2D eigenvalue weighted by Crippen LogP contribution is -2.47. The molecule has 1 saturated heterocycles. The minimum Gasteiger partial charge on any atom is -0.444 e. The largest absolute Gasteiger partial charge is 0.444 e. The first-order chi connectivity index (χ1) is 12.8. The number of benzene rings is 1. The fourth-order valence-electron chi connectivity index (χ4n) is 3.56. The second-order valence-corrected chi connectivity index (χ2v) is 8.25. The molecule has 0 bridgehead atoms. The summed E-state index contributed by atoms with van der Waals surface area (Å²) in [6, 6.07) is 8.39. The van der Waals surface area contributed by atoms with Gasteiger partial charge in [0.1, 0.15) is 11.4 Å². The normalized spacial score (nSPS) is 18.4. The highest BCUT2D eigenvalue weighted by Gasteiger charge is 2.25. The van der Waals surface area contributed by atoms with Gasteiger partial charge in [-0.15, -0.1) is 0 Å². The van der Waals surface area contributed by atoms with Gasteiger partial charge in [-0.2, -0.15) is 0 Å². The topological polar surface area (TPSA) is 67.4 Å². The van der Waals surface area contributed by atoms with Gasteiger partial charge in [0.15, 0.2) is 0 Å². The van der Waals surface area contributed by atoms with E-state index in [9.17, 15) is 4.79 Å². The summed E-state index contributed by atoms with van der Waals surface area (Å²) >= 11 is 0. The number of alkyl carbamates (subject to hydrolysis) is 1.